The molecule has 0 aromatic carbocycles. The highest BCUT2D eigenvalue weighted by molar-refractivity contribution is 7.89. The second-order valence-corrected chi connectivity index (χ2v) is 6.02. The van der Waals surface area contributed by atoms with Crippen molar-refractivity contribution < 1.29 is 18.3 Å². The van der Waals surface area contributed by atoms with Crippen LogP contribution >= 0.6 is 0 Å². The zero-order valence-corrected chi connectivity index (χ0v) is 10.9. The predicted octanol–water partition coefficient (Wildman–Crippen LogP) is -0.989. The summed E-state index contributed by atoms with van der Waals surface area (Å²) in [6.45, 7) is 4.40. The SMILES string of the molecule is O=S(=O)(CCCCO)NCCN1CCOCC1. The zero-order chi connectivity index (χ0) is 12.6. The third-order valence-electron chi connectivity index (χ3n) is 2.67. The van der Waals surface area contributed by atoms with Crippen molar-refractivity contribution in [3.8, 4) is 0 Å². The molecule has 17 heavy (non-hydrogen) atoms. The minimum absolute atomic E-state index is 0.0449. The van der Waals surface area contributed by atoms with Crippen LogP contribution in [-0.4, -0.2) is 70.2 Å². The average Bonchev–Trinajstić information content (AvgIpc) is 2.30. The van der Waals surface area contributed by atoms with Gasteiger partial charge in [0.15, 0.2) is 0 Å². The number of morpholine rings is 1. The van der Waals surface area contributed by atoms with Gasteiger partial charge in [0.05, 0.1) is 19.0 Å². The van der Waals surface area contributed by atoms with Gasteiger partial charge in [0.2, 0.25) is 10.0 Å². The van der Waals surface area contributed by atoms with E-state index in [2.05, 4.69) is 9.62 Å². The van der Waals surface area contributed by atoms with Crippen LogP contribution in [0.5, 0.6) is 0 Å². The van der Waals surface area contributed by atoms with Gasteiger partial charge >= 0.3 is 0 Å². The molecule has 0 aliphatic carbocycles. The molecule has 0 radical (unpaired) electrons. The van der Waals surface area contributed by atoms with Gasteiger partial charge in [-0.3, -0.25) is 4.90 Å². The zero-order valence-electron chi connectivity index (χ0n) is 10.1. The van der Waals surface area contributed by atoms with E-state index in [1.54, 1.807) is 0 Å². The van der Waals surface area contributed by atoms with Crippen LogP contribution in [0.3, 0.4) is 0 Å². The third-order valence-corrected chi connectivity index (χ3v) is 4.14. The number of nitrogens with one attached hydrogen (secondary N) is 1. The van der Waals surface area contributed by atoms with Crippen molar-refractivity contribution in [3.63, 3.8) is 0 Å². The topological polar surface area (TPSA) is 78.9 Å². The van der Waals surface area contributed by atoms with Gasteiger partial charge in [0.1, 0.15) is 0 Å². The van der Waals surface area contributed by atoms with Gasteiger partial charge in [-0.05, 0) is 12.8 Å². The van der Waals surface area contributed by atoms with Crippen LogP contribution in [0.1, 0.15) is 12.8 Å². The van der Waals surface area contributed by atoms with Crippen molar-refractivity contribution in [1.82, 2.24) is 9.62 Å². The molecule has 0 bridgehead atoms. The largest absolute Gasteiger partial charge is 0.396 e. The van der Waals surface area contributed by atoms with E-state index in [4.69, 9.17) is 9.84 Å². The lowest BCUT2D eigenvalue weighted by Gasteiger charge is -2.26. The van der Waals surface area contributed by atoms with Crippen molar-refractivity contribution in [2.45, 2.75) is 12.8 Å². The van der Waals surface area contributed by atoms with Crippen LogP contribution in [0.15, 0.2) is 0 Å². The second-order valence-electron chi connectivity index (χ2n) is 4.10. The first-order chi connectivity index (χ1) is 8.14. The summed E-state index contributed by atoms with van der Waals surface area (Å²) in [4.78, 5) is 2.18. The smallest absolute Gasteiger partial charge is 0.211 e. The van der Waals surface area contributed by atoms with Crippen molar-refractivity contribution in [2.75, 3.05) is 51.8 Å². The molecule has 1 saturated heterocycles. The Morgan fingerprint density at radius 1 is 1.24 bits per heavy atom. The van der Waals surface area contributed by atoms with Crippen molar-refractivity contribution >= 4 is 10.0 Å². The molecule has 1 fully saturated rings. The van der Waals surface area contributed by atoms with E-state index in [1.165, 1.54) is 0 Å². The Morgan fingerprint density at radius 3 is 2.59 bits per heavy atom. The molecule has 1 rings (SSSR count). The van der Waals surface area contributed by atoms with Gasteiger partial charge < -0.3 is 9.84 Å². The molecular formula is C10H22N2O4S. The van der Waals surface area contributed by atoms with E-state index < -0.39 is 10.0 Å². The van der Waals surface area contributed by atoms with Gasteiger partial charge in [0, 0.05) is 32.8 Å². The molecule has 0 atom stereocenters. The van der Waals surface area contributed by atoms with E-state index in [0.717, 1.165) is 32.8 Å². The summed E-state index contributed by atoms with van der Waals surface area (Å²) in [5, 5.41) is 8.58. The van der Waals surface area contributed by atoms with E-state index >= 15 is 0 Å². The van der Waals surface area contributed by atoms with Crippen LogP contribution in [0.25, 0.3) is 0 Å². The molecule has 0 amide bonds. The second kappa shape index (κ2) is 7.99. The molecule has 0 aromatic heterocycles. The summed E-state index contributed by atoms with van der Waals surface area (Å²) in [7, 11) is -3.17. The van der Waals surface area contributed by atoms with Crippen molar-refractivity contribution in [1.29, 1.82) is 0 Å². The number of ether oxygens (including phenoxy) is 1. The van der Waals surface area contributed by atoms with Crippen LogP contribution in [0.4, 0.5) is 0 Å². The first-order valence-electron chi connectivity index (χ1n) is 6.02. The average molecular weight is 266 g/mol. The normalized spacial score (nSPS) is 18.4. The number of aliphatic hydroxyl groups is 1. The molecule has 0 aromatic rings. The number of hydrogen-bond acceptors (Lipinski definition) is 5. The maximum absolute atomic E-state index is 11.5. The number of aliphatic hydroxyl groups excluding tert-OH is 1. The van der Waals surface area contributed by atoms with Gasteiger partial charge in [-0.2, -0.15) is 0 Å². The fourth-order valence-corrected chi connectivity index (χ4v) is 2.79. The van der Waals surface area contributed by atoms with Crippen molar-refractivity contribution in [2.24, 2.45) is 0 Å². The molecule has 1 aliphatic rings. The van der Waals surface area contributed by atoms with E-state index in [-0.39, 0.29) is 12.4 Å². The number of hydrogen-bond donors (Lipinski definition) is 2. The highest BCUT2D eigenvalue weighted by atomic mass is 32.2. The van der Waals surface area contributed by atoms with Crippen LogP contribution in [0.2, 0.25) is 0 Å². The minimum atomic E-state index is -3.17. The van der Waals surface area contributed by atoms with Crippen LogP contribution in [0, 0.1) is 0 Å². The Labute approximate surface area is 103 Å². The minimum Gasteiger partial charge on any atom is -0.396 e. The lowest BCUT2D eigenvalue weighted by molar-refractivity contribution is 0.0390. The fraction of sp³-hybridized carbons (Fsp3) is 1.00. The molecule has 0 unspecified atom stereocenters. The fourth-order valence-electron chi connectivity index (χ4n) is 1.66. The molecule has 1 heterocycles. The molecule has 7 heteroatoms. The summed E-state index contributed by atoms with van der Waals surface area (Å²) >= 11 is 0. The third kappa shape index (κ3) is 6.95. The Kier molecular flexibility index (Phi) is 6.98. The standard InChI is InChI=1S/C10H22N2O4S/c13-7-1-2-10-17(14,15)11-3-4-12-5-8-16-9-6-12/h11,13H,1-10H2. The summed E-state index contributed by atoms with van der Waals surface area (Å²) in [5.41, 5.74) is 0. The van der Waals surface area contributed by atoms with E-state index in [9.17, 15) is 8.42 Å². The molecule has 102 valence electrons. The van der Waals surface area contributed by atoms with E-state index in [1.807, 2.05) is 0 Å². The maximum Gasteiger partial charge on any atom is 0.211 e. The van der Waals surface area contributed by atoms with Gasteiger partial charge in [0.25, 0.3) is 0 Å². The molecule has 0 spiro atoms. The lowest BCUT2D eigenvalue weighted by Crippen LogP contribution is -2.41. The molecule has 0 saturated carbocycles. The molecule has 6 nitrogen and oxygen atoms in total. The highest BCUT2D eigenvalue weighted by Gasteiger charge is 2.12. The summed E-state index contributed by atoms with van der Waals surface area (Å²) < 4.78 is 30.8. The molecular weight excluding hydrogens is 244 g/mol. The highest BCUT2D eigenvalue weighted by Crippen LogP contribution is 1.96. The maximum atomic E-state index is 11.5. The van der Waals surface area contributed by atoms with E-state index in [0.29, 0.717) is 19.4 Å². The Morgan fingerprint density at radius 2 is 1.94 bits per heavy atom. The predicted molar refractivity (Wildman–Crippen MR) is 65.4 cm³/mol. The van der Waals surface area contributed by atoms with Gasteiger partial charge in [-0.25, -0.2) is 13.1 Å². The number of nitrogens with zero attached hydrogens (tertiary/aromatic N) is 1. The van der Waals surface area contributed by atoms with Crippen molar-refractivity contribution in [3.05, 3.63) is 0 Å². The molecule has 1 aliphatic heterocycles. The van der Waals surface area contributed by atoms with Gasteiger partial charge in [-0.1, -0.05) is 0 Å². The summed E-state index contributed by atoms with van der Waals surface area (Å²) in [5.74, 6) is 0.0939. The summed E-state index contributed by atoms with van der Waals surface area (Å²) in [6, 6.07) is 0. The van der Waals surface area contributed by atoms with Gasteiger partial charge in [-0.15, -0.1) is 0 Å². The quantitative estimate of drug-likeness (QED) is 0.552. The number of sulfonamides is 1. The number of unbranched alkanes of at least 4 members (excludes halogenated alkanes) is 1. The van der Waals surface area contributed by atoms with Crippen LogP contribution in [-0.2, 0) is 14.8 Å². The molecule has 2 N–H and O–H groups in total. The first-order valence-corrected chi connectivity index (χ1v) is 7.67. The first kappa shape index (κ1) is 14.8. The number of rotatable bonds is 8. The monoisotopic (exact) mass is 266 g/mol. The summed E-state index contributed by atoms with van der Waals surface area (Å²) in [6.07, 6.45) is 1.04. The Bertz CT molecular complexity index is 289. The Hall–Kier alpha value is -0.210. The lowest BCUT2D eigenvalue weighted by atomic mass is 10.4. The van der Waals surface area contributed by atoms with Crippen LogP contribution < -0.4 is 4.72 Å². The Balaban J connectivity index is 2.11.